The van der Waals surface area contributed by atoms with Crippen molar-refractivity contribution in [2.75, 3.05) is 46.4 Å². The van der Waals surface area contributed by atoms with Crippen LogP contribution in [-0.2, 0) is 21.0 Å². The number of nitro benzene ring substituents is 2. The van der Waals surface area contributed by atoms with E-state index in [1.54, 1.807) is 79.9 Å². The number of rotatable bonds is 23. The van der Waals surface area contributed by atoms with Crippen LogP contribution in [0.2, 0.25) is 0 Å². The average Bonchev–Trinajstić information content (AvgIpc) is 3.38. The summed E-state index contributed by atoms with van der Waals surface area (Å²) in [6.07, 6.45) is 9.80. The van der Waals surface area contributed by atoms with Gasteiger partial charge in [0.1, 0.15) is 35.6 Å². The summed E-state index contributed by atoms with van der Waals surface area (Å²) in [5.74, 6) is -1.92. The molecular weight excluding hydrogens is 931 g/mol. The van der Waals surface area contributed by atoms with Crippen molar-refractivity contribution >= 4 is 40.9 Å². The van der Waals surface area contributed by atoms with Gasteiger partial charge in [0.25, 0.3) is 11.4 Å². The number of benzene rings is 4. The van der Waals surface area contributed by atoms with Gasteiger partial charge in [-0.1, -0.05) is 30.1 Å². The first kappa shape index (κ1) is 52.2. The lowest BCUT2D eigenvalue weighted by atomic mass is 9.55. The molecule has 72 heavy (non-hydrogen) atoms. The smallest absolute Gasteiger partial charge is 0.417 e. The fourth-order valence-corrected chi connectivity index (χ4v) is 9.98. The number of ether oxygens (including phenoxy) is 5. The molecule has 0 spiro atoms. The Hall–Kier alpha value is -7.61. The molecule has 2 amide bonds. The molecule has 19 heteroatoms. The highest BCUT2D eigenvalue weighted by Crippen LogP contribution is 2.62. The highest BCUT2D eigenvalue weighted by Gasteiger charge is 2.65. The maximum atomic E-state index is 14.5. The summed E-state index contributed by atoms with van der Waals surface area (Å²) >= 11 is 0. The number of aliphatic hydroxyl groups excluding tert-OH is 2. The quantitative estimate of drug-likeness (QED) is 0.0206. The molecule has 0 saturated heterocycles. The number of allylic oxidation sites excluding steroid dienone is 1. The van der Waals surface area contributed by atoms with Gasteiger partial charge in [0.2, 0.25) is 11.7 Å². The second-order valence-corrected chi connectivity index (χ2v) is 17.7. The number of unbranched alkanes of at least 4 members (excludes halogenated alkanes) is 2. The van der Waals surface area contributed by atoms with Crippen LogP contribution >= 0.6 is 0 Å². The fourth-order valence-electron chi connectivity index (χ4n) is 9.98. The lowest BCUT2D eigenvalue weighted by molar-refractivity contribution is -0.385. The van der Waals surface area contributed by atoms with E-state index in [1.165, 1.54) is 49.5 Å². The third-order valence-corrected chi connectivity index (χ3v) is 13.4. The number of fused-ring (bicyclic) bond motifs is 2. The minimum absolute atomic E-state index is 0.00867. The van der Waals surface area contributed by atoms with E-state index in [2.05, 4.69) is 18.0 Å². The summed E-state index contributed by atoms with van der Waals surface area (Å²) < 4.78 is 30.9. The van der Waals surface area contributed by atoms with Gasteiger partial charge in [0, 0.05) is 74.6 Å². The summed E-state index contributed by atoms with van der Waals surface area (Å²) in [4.78, 5) is 57.5. The van der Waals surface area contributed by atoms with Gasteiger partial charge in [-0.05, 0) is 115 Å². The van der Waals surface area contributed by atoms with Crippen molar-refractivity contribution < 1.29 is 58.2 Å². The molecule has 6 atom stereocenters. The Morgan fingerprint density at radius 1 is 0.903 bits per heavy atom. The number of hydrogen-bond acceptors (Lipinski definition) is 15. The van der Waals surface area contributed by atoms with Crippen LogP contribution in [0.15, 0.2) is 120 Å². The molecule has 4 aromatic carbocycles. The maximum Gasteiger partial charge on any atom is 0.417 e. The van der Waals surface area contributed by atoms with Gasteiger partial charge in [-0.2, -0.15) is 0 Å². The number of non-ortho nitro benzene ring substituents is 2. The van der Waals surface area contributed by atoms with Gasteiger partial charge in [0.05, 0.1) is 48.0 Å². The zero-order valence-electron chi connectivity index (χ0n) is 40.3. The van der Waals surface area contributed by atoms with Crippen LogP contribution in [0.1, 0.15) is 67.6 Å². The molecule has 3 N–H and O–H groups in total. The number of anilines is 1. The van der Waals surface area contributed by atoms with Crippen LogP contribution in [0.25, 0.3) is 6.08 Å². The molecular formula is C53H59N5O14. The summed E-state index contributed by atoms with van der Waals surface area (Å²) in [6.45, 7) is 3.94. The molecule has 3 aliphatic rings. The molecule has 0 bridgehead atoms. The first-order valence-electron chi connectivity index (χ1n) is 23.7. The summed E-state index contributed by atoms with van der Waals surface area (Å²) in [7, 11) is 4.63. The summed E-state index contributed by atoms with van der Waals surface area (Å²) in [6, 6.07) is 20.9. The molecule has 0 aromatic heterocycles. The second-order valence-electron chi connectivity index (χ2n) is 17.7. The number of oxime groups is 1. The van der Waals surface area contributed by atoms with Gasteiger partial charge < -0.3 is 43.6 Å². The Morgan fingerprint density at radius 2 is 1.58 bits per heavy atom. The summed E-state index contributed by atoms with van der Waals surface area (Å²) in [5.41, 5.74) is 3.32. The Labute approximate surface area is 416 Å². The van der Waals surface area contributed by atoms with Gasteiger partial charge in [-0.25, -0.2) is 4.79 Å². The van der Waals surface area contributed by atoms with Crippen LogP contribution in [0.5, 0.6) is 23.0 Å². The molecule has 1 saturated carbocycles. The first-order chi connectivity index (χ1) is 34.8. The largest absolute Gasteiger partial charge is 0.497 e. The number of nitrogens with zero attached hydrogens (tertiary/aromatic N) is 4. The highest BCUT2D eigenvalue weighted by atomic mass is 16.7. The molecule has 19 nitrogen and oxygen atoms in total. The third kappa shape index (κ3) is 11.8. The minimum Gasteiger partial charge on any atom is -0.497 e. The van der Waals surface area contributed by atoms with E-state index in [0.717, 1.165) is 5.57 Å². The Morgan fingerprint density at radius 3 is 2.24 bits per heavy atom. The molecule has 4 aromatic rings. The number of carbonyl (C=O) groups is 2. The van der Waals surface area contributed by atoms with Gasteiger partial charge in [0.15, 0.2) is 0 Å². The highest BCUT2D eigenvalue weighted by molar-refractivity contribution is 6.03. The van der Waals surface area contributed by atoms with E-state index in [4.69, 9.17) is 33.7 Å². The van der Waals surface area contributed by atoms with Crippen LogP contribution in [-0.4, -0.2) is 95.6 Å². The predicted molar refractivity (Wildman–Crippen MR) is 267 cm³/mol. The van der Waals surface area contributed by atoms with Crippen molar-refractivity contribution in [3.05, 3.63) is 152 Å². The third-order valence-electron chi connectivity index (χ3n) is 13.4. The SMILES string of the molecule is C=CCO[C@@]12Oc3ccc(OC(=O)Nc4ccc(OC)cc4OC)cc3[C@H]3[C@H](CCCCO)[C@@H](CCCCO)C=C(C(=NOCc4ccc([N+](=O)[O-])cc4)C[C@@H]1N(C)C(=O)C=Cc1ccc([N+](=O)[O-])cc1)[C@H]32. The first-order valence-corrected chi connectivity index (χ1v) is 23.7. The zero-order valence-corrected chi connectivity index (χ0v) is 40.3. The number of aliphatic hydroxyl groups is 2. The Balaban J connectivity index is 1.36. The number of hydrogen-bond donors (Lipinski definition) is 3. The van der Waals surface area contributed by atoms with E-state index in [9.17, 15) is 40.0 Å². The van der Waals surface area contributed by atoms with Gasteiger partial charge in [-0.15, -0.1) is 6.58 Å². The number of carbonyl (C=O) groups excluding carboxylic acids is 2. The minimum atomic E-state index is -1.60. The molecule has 7 rings (SSSR count). The molecule has 0 unspecified atom stereocenters. The second kappa shape index (κ2) is 24.0. The molecule has 0 radical (unpaired) electrons. The standard InChI is InChI=1S/C53H59N5O14/c1-5-28-69-53-48(56(2)49(61)25-16-34-12-17-37(18-13-34)57(63)64)32-45(55-70-33-35-14-19-38(20-15-35)58(65)66)42-29-36(10-6-8-26-59)41(11-7-9-27-60)50(51(42)53)43-30-40(22-24-46(43)72-53)71-52(62)54-44-23-21-39(67-3)31-47(44)68-4/h5,12-25,29-31,36,41,48,50-51,59-60H,1,6-11,26-28,32-33H2,2-4H3,(H,54,62)/t36-,41+,48-,50+,51+,53+/m0/s1. The lowest BCUT2D eigenvalue weighted by Crippen LogP contribution is -2.69. The predicted octanol–water partition coefficient (Wildman–Crippen LogP) is 9.14. The number of likely N-dealkylation sites (N-methyl/N-ethyl adjacent to an activating group) is 1. The Kier molecular flexibility index (Phi) is 17.4. The monoisotopic (exact) mass is 989 g/mol. The van der Waals surface area contributed by atoms with Gasteiger partial charge >= 0.3 is 6.09 Å². The average molecular weight is 990 g/mol. The lowest BCUT2D eigenvalue weighted by Gasteiger charge is -2.59. The van der Waals surface area contributed by atoms with Crippen molar-refractivity contribution in [3.63, 3.8) is 0 Å². The van der Waals surface area contributed by atoms with Gasteiger partial charge in [-0.3, -0.25) is 30.3 Å². The van der Waals surface area contributed by atoms with E-state index in [1.807, 2.05) is 0 Å². The van der Waals surface area contributed by atoms with Crippen LogP contribution in [0, 0.1) is 38.0 Å². The fraction of sp³-hybridized carbons (Fsp3) is 0.377. The van der Waals surface area contributed by atoms with Crippen molar-refractivity contribution in [1.29, 1.82) is 0 Å². The van der Waals surface area contributed by atoms with Crippen LogP contribution < -0.4 is 24.3 Å². The number of amides is 2. The van der Waals surface area contributed by atoms with Crippen molar-refractivity contribution in [3.8, 4) is 23.0 Å². The van der Waals surface area contributed by atoms with E-state index >= 15 is 0 Å². The number of nitro groups is 2. The molecule has 1 aliphatic heterocycles. The Bertz CT molecular complexity index is 2690. The van der Waals surface area contributed by atoms with Crippen molar-refractivity contribution in [2.24, 2.45) is 22.9 Å². The number of methoxy groups -OCH3 is 2. The molecule has 2 aliphatic carbocycles. The van der Waals surface area contributed by atoms with Crippen LogP contribution in [0.3, 0.4) is 0 Å². The van der Waals surface area contributed by atoms with E-state index in [-0.39, 0.29) is 61.8 Å². The van der Waals surface area contributed by atoms with Crippen LogP contribution in [0.4, 0.5) is 21.9 Å². The van der Waals surface area contributed by atoms with E-state index in [0.29, 0.717) is 83.9 Å². The maximum absolute atomic E-state index is 14.5. The van der Waals surface area contributed by atoms with Crippen molar-refractivity contribution in [2.45, 2.75) is 69.3 Å². The topological polar surface area (TPSA) is 244 Å². The molecule has 1 heterocycles. The zero-order chi connectivity index (χ0) is 51.4. The molecule has 380 valence electrons. The molecule has 1 fully saturated rings. The van der Waals surface area contributed by atoms with E-state index < -0.39 is 45.5 Å². The van der Waals surface area contributed by atoms with Crippen molar-refractivity contribution in [1.82, 2.24) is 4.90 Å². The normalized spacial score (nSPS) is 21.3. The summed E-state index contributed by atoms with van der Waals surface area (Å²) in [5, 5.41) is 50.2. The number of nitrogens with one attached hydrogen (secondary N) is 1.